The van der Waals surface area contributed by atoms with Crippen LogP contribution in [0.4, 0.5) is 5.69 Å². The van der Waals surface area contributed by atoms with Crippen LogP contribution < -0.4 is 10.1 Å². The average molecular weight is 334 g/mol. The van der Waals surface area contributed by atoms with Crippen LogP contribution in [0.1, 0.15) is 18.9 Å². The Balaban J connectivity index is 2.03. The van der Waals surface area contributed by atoms with E-state index in [4.69, 9.17) is 21.1 Å². The van der Waals surface area contributed by atoms with Gasteiger partial charge in [0, 0.05) is 17.8 Å². The Morgan fingerprint density at radius 3 is 2.70 bits per heavy atom. The lowest BCUT2D eigenvalue weighted by molar-refractivity contribution is -0.122. The number of anilines is 1. The minimum Gasteiger partial charge on any atom is -0.481 e. The molecule has 0 aromatic heterocycles. The summed E-state index contributed by atoms with van der Waals surface area (Å²) in [4.78, 5) is 12.4. The fourth-order valence-corrected chi connectivity index (χ4v) is 2.34. The summed E-state index contributed by atoms with van der Waals surface area (Å²) >= 11 is 5.94. The first-order valence-corrected chi connectivity index (χ1v) is 7.81. The zero-order chi connectivity index (χ0) is 16.7. The topological polar surface area (TPSA) is 47.6 Å². The van der Waals surface area contributed by atoms with Crippen molar-refractivity contribution in [1.29, 1.82) is 0 Å². The summed E-state index contributed by atoms with van der Waals surface area (Å²) in [6.45, 7) is 2.40. The van der Waals surface area contributed by atoms with Gasteiger partial charge >= 0.3 is 0 Å². The molecule has 0 aliphatic heterocycles. The Labute approximate surface area is 141 Å². The highest BCUT2D eigenvalue weighted by Crippen LogP contribution is 2.20. The molecular formula is C18H20ClNO3. The van der Waals surface area contributed by atoms with E-state index < -0.39 is 6.10 Å². The quantitative estimate of drug-likeness (QED) is 0.822. The highest BCUT2D eigenvalue weighted by molar-refractivity contribution is 6.30. The average Bonchev–Trinajstić information content (AvgIpc) is 2.53. The van der Waals surface area contributed by atoms with Gasteiger partial charge in [-0.15, -0.1) is 0 Å². The summed E-state index contributed by atoms with van der Waals surface area (Å²) in [5.74, 6) is 0.384. The number of rotatable bonds is 7. The SMILES string of the molecule is CC[C@@H](Oc1cccc(Cl)c1)C(=O)Nc1cccc(COC)c1. The predicted molar refractivity (Wildman–Crippen MR) is 91.9 cm³/mol. The van der Waals surface area contributed by atoms with Gasteiger partial charge in [-0.05, 0) is 42.3 Å². The third-order valence-corrected chi connectivity index (χ3v) is 3.48. The summed E-state index contributed by atoms with van der Waals surface area (Å²) in [6, 6.07) is 14.6. The molecule has 0 fully saturated rings. The van der Waals surface area contributed by atoms with Crippen molar-refractivity contribution >= 4 is 23.2 Å². The second-order valence-electron chi connectivity index (χ2n) is 5.09. The lowest BCUT2D eigenvalue weighted by Crippen LogP contribution is -2.32. The molecule has 2 rings (SSSR count). The Bertz CT molecular complexity index is 660. The van der Waals surface area contributed by atoms with E-state index in [-0.39, 0.29) is 5.91 Å². The van der Waals surface area contributed by atoms with Gasteiger partial charge in [0.05, 0.1) is 6.61 Å². The van der Waals surface area contributed by atoms with Gasteiger partial charge in [0.25, 0.3) is 5.91 Å². The van der Waals surface area contributed by atoms with Gasteiger partial charge < -0.3 is 14.8 Å². The first-order valence-electron chi connectivity index (χ1n) is 7.43. The maximum atomic E-state index is 12.4. The summed E-state index contributed by atoms with van der Waals surface area (Å²) in [5.41, 5.74) is 1.71. The van der Waals surface area contributed by atoms with Crippen molar-refractivity contribution in [1.82, 2.24) is 0 Å². The maximum Gasteiger partial charge on any atom is 0.265 e. The van der Waals surface area contributed by atoms with Gasteiger partial charge in [0.2, 0.25) is 0 Å². The van der Waals surface area contributed by atoms with Crippen LogP contribution in [0, 0.1) is 0 Å². The number of hydrogen-bond donors (Lipinski definition) is 1. The third kappa shape index (κ3) is 5.27. The highest BCUT2D eigenvalue weighted by atomic mass is 35.5. The van der Waals surface area contributed by atoms with Gasteiger partial charge in [-0.3, -0.25) is 4.79 Å². The van der Waals surface area contributed by atoms with E-state index in [9.17, 15) is 4.79 Å². The first kappa shape index (κ1) is 17.3. The van der Waals surface area contributed by atoms with E-state index in [0.717, 1.165) is 11.3 Å². The Morgan fingerprint density at radius 1 is 1.22 bits per heavy atom. The van der Waals surface area contributed by atoms with Gasteiger partial charge in [-0.25, -0.2) is 0 Å². The number of halogens is 1. The van der Waals surface area contributed by atoms with Crippen molar-refractivity contribution in [2.75, 3.05) is 12.4 Å². The molecule has 0 bridgehead atoms. The molecule has 23 heavy (non-hydrogen) atoms. The number of amides is 1. The van der Waals surface area contributed by atoms with Gasteiger partial charge in [-0.2, -0.15) is 0 Å². The van der Waals surface area contributed by atoms with Crippen molar-refractivity contribution in [2.24, 2.45) is 0 Å². The Hall–Kier alpha value is -2.04. The molecule has 2 aromatic rings. The van der Waals surface area contributed by atoms with Crippen molar-refractivity contribution in [3.8, 4) is 5.75 Å². The molecule has 122 valence electrons. The van der Waals surface area contributed by atoms with Crippen LogP contribution in [0.5, 0.6) is 5.75 Å². The normalized spacial score (nSPS) is 11.8. The van der Waals surface area contributed by atoms with Crippen molar-refractivity contribution in [2.45, 2.75) is 26.1 Å². The van der Waals surface area contributed by atoms with Crippen LogP contribution in [-0.2, 0) is 16.1 Å². The van der Waals surface area contributed by atoms with Crippen LogP contribution in [0.15, 0.2) is 48.5 Å². The number of carbonyl (C=O) groups is 1. The molecule has 0 aliphatic rings. The largest absolute Gasteiger partial charge is 0.481 e. The molecule has 0 spiro atoms. The summed E-state index contributed by atoms with van der Waals surface area (Å²) in [7, 11) is 1.64. The third-order valence-electron chi connectivity index (χ3n) is 3.24. The second kappa shape index (κ2) is 8.56. The molecular weight excluding hydrogens is 314 g/mol. The minimum atomic E-state index is -0.584. The fraction of sp³-hybridized carbons (Fsp3) is 0.278. The molecule has 0 unspecified atom stereocenters. The number of hydrogen-bond acceptors (Lipinski definition) is 3. The minimum absolute atomic E-state index is 0.193. The van der Waals surface area contributed by atoms with Crippen molar-refractivity contribution in [3.05, 3.63) is 59.1 Å². The predicted octanol–water partition coefficient (Wildman–Crippen LogP) is 4.28. The molecule has 4 nitrogen and oxygen atoms in total. The molecule has 0 saturated heterocycles. The summed E-state index contributed by atoms with van der Waals surface area (Å²) < 4.78 is 10.8. The monoisotopic (exact) mass is 333 g/mol. The standard InChI is InChI=1S/C18H20ClNO3/c1-3-17(23-16-9-5-7-14(19)11-16)18(21)20-15-8-4-6-13(10-15)12-22-2/h4-11,17H,3,12H2,1-2H3,(H,20,21)/t17-/m1/s1. The summed E-state index contributed by atoms with van der Waals surface area (Å²) in [6.07, 6.45) is -0.0321. The van der Waals surface area contributed by atoms with E-state index in [1.807, 2.05) is 31.2 Å². The Morgan fingerprint density at radius 2 is 2.00 bits per heavy atom. The molecule has 5 heteroatoms. The van der Waals surface area contributed by atoms with E-state index in [2.05, 4.69) is 5.32 Å². The Kier molecular flexibility index (Phi) is 6.44. The van der Waals surface area contributed by atoms with Crippen molar-refractivity contribution < 1.29 is 14.3 Å². The van der Waals surface area contributed by atoms with E-state index in [0.29, 0.717) is 23.8 Å². The fourth-order valence-electron chi connectivity index (χ4n) is 2.16. The zero-order valence-corrected chi connectivity index (χ0v) is 14.0. The van der Waals surface area contributed by atoms with Crippen LogP contribution >= 0.6 is 11.6 Å². The van der Waals surface area contributed by atoms with Crippen molar-refractivity contribution in [3.63, 3.8) is 0 Å². The maximum absolute atomic E-state index is 12.4. The molecule has 0 radical (unpaired) electrons. The van der Waals surface area contributed by atoms with E-state index in [1.54, 1.807) is 31.4 Å². The molecule has 1 atom stereocenters. The van der Waals surface area contributed by atoms with Crippen LogP contribution in [0.25, 0.3) is 0 Å². The van der Waals surface area contributed by atoms with Crippen LogP contribution in [0.3, 0.4) is 0 Å². The molecule has 2 aromatic carbocycles. The number of carbonyl (C=O) groups excluding carboxylic acids is 1. The molecule has 1 N–H and O–H groups in total. The molecule has 1 amide bonds. The lowest BCUT2D eigenvalue weighted by atomic mass is 10.2. The zero-order valence-electron chi connectivity index (χ0n) is 13.2. The van der Waals surface area contributed by atoms with Crippen LogP contribution in [-0.4, -0.2) is 19.1 Å². The second-order valence-corrected chi connectivity index (χ2v) is 5.53. The highest BCUT2D eigenvalue weighted by Gasteiger charge is 2.18. The number of nitrogens with one attached hydrogen (secondary N) is 1. The molecule has 0 aliphatic carbocycles. The number of ether oxygens (including phenoxy) is 2. The molecule has 0 saturated carbocycles. The van der Waals surface area contributed by atoms with Gasteiger partial charge in [0.15, 0.2) is 6.10 Å². The van der Waals surface area contributed by atoms with Crippen LogP contribution in [0.2, 0.25) is 5.02 Å². The smallest absolute Gasteiger partial charge is 0.265 e. The lowest BCUT2D eigenvalue weighted by Gasteiger charge is -2.17. The number of benzene rings is 2. The van der Waals surface area contributed by atoms with E-state index in [1.165, 1.54) is 0 Å². The number of methoxy groups -OCH3 is 1. The van der Waals surface area contributed by atoms with Gasteiger partial charge in [0.1, 0.15) is 5.75 Å². The molecule has 0 heterocycles. The van der Waals surface area contributed by atoms with E-state index >= 15 is 0 Å². The van der Waals surface area contributed by atoms with Gasteiger partial charge in [-0.1, -0.05) is 36.7 Å². The summed E-state index contributed by atoms with van der Waals surface area (Å²) in [5, 5.41) is 3.45. The first-order chi connectivity index (χ1) is 11.1.